The van der Waals surface area contributed by atoms with Crippen molar-refractivity contribution in [3.05, 3.63) is 54.1 Å². The van der Waals surface area contributed by atoms with Gasteiger partial charge in [-0.3, -0.25) is 9.36 Å². The quantitative estimate of drug-likeness (QED) is 0.345. The first-order valence-corrected chi connectivity index (χ1v) is 11.6. The highest BCUT2D eigenvalue weighted by Gasteiger charge is 2.25. The minimum absolute atomic E-state index is 0.0911. The molecule has 1 heterocycles. The molecule has 1 aliphatic rings. The number of ketones is 1. The van der Waals surface area contributed by atoms with Gasteiger partial charge in [0.05, 0.1) is 20.0 Å². The van der Waals surface area contributed by atoms with Gasteiger partial charge in [0.15, 0.2) is 16.8 Å². The molecule has 0 unspecified atom stereocenters. The number of benzene rings is 2. The maximum atomic E-state index is 12.6. The number of Topliss-reactive ketones (excluding diaryl/α,β-unsaturated/α-hetero) is 1. The molecule has 0 bridgehead atoms. The fourth-order valence-electron chi connectivity index (χ4n) is 4.01. The van der Waals surface area contributed by atoms with Crippen molar-refractivity contribution in [1.29, 1.82) is 0 Å². The van der Waals surface area contributed by atoms with Crippen LogP contribution < -0.4 is 9.47 Å². The molecule has 6 nitrogen and oxygen atoms in total. The summed E-state index contributed by atoms with van der Waals surface area (Å²) < 4.78 is 13.1. The van der Waals surface area contributed by atoms with Gasteiger partial charge in [-0.15, -0.1) is 10.2 Å². The van der Waals surface area contributed by atoms with Gasteiger partial charge in [-0.05, 0) is 25.0 Å². The van der Waals surface area contributed by atoms with E-state index in [4.69, 9.17) is 9.47 Å². The van der Waals surface area contributed by atoms with E-state index < -0.39 is 0 Å². The summed E-state index contributed by atoms with van der Waals surface area (Å²) in [4.78, 5) is 12.6. The second-order valence-corrected chi connectivity index (χ2v) is 8.59. The van der Waals surface area contributed by atoms with Crippen molar-refractivity contribution >= 4 is 17.5 Å². The van der Waals surface area contributed by atoms with E-state index in [1.165, 1.54) is 31.0 Å². The molecule has 0 atom stereocenters. The van der Waals surface area contributed by atoms with E-state index in [0.29, 0.717) is 23.3 Å². The second-order valence-electron chi connectivity index (χ2n) is 7.65. The van der Waals surface area contributed by atoms with E-state index in [-0.39, 0.29) is 5.78 Å². The summed E-state index contributed by atoms with van der Waals surface area (Å²) in [6, 6.07) is 15.5. The number of thioether (sulfide) groups is 1. The summed E-state index contributed by atoms with van der Waals surface area (Å²) in [7, 11) is 3.28. The van der Waals surface area contributed by atoms with E-state index in [9.17, 15) is 4.79 Å². The molecule has 1 aliphatic carbocycles. The molecule has 0 aliphatic heterocycles. The first-order chi connectivity index (χ1) is 15.2. The number of methoxy groups -OCH3 is 2. The Morgan fingerprint density at radius 3 is 2.32 bits per heavy atom. The molecule has 2 aromatic carbocycles. The Balaban J connectivity index is 1.67. The number of carbonyl (C=O) groups is 1. The highest BCUT2D eigenvalue weighted by atomic mass is 32.2. The molecule has 0 N–H and O–H groups in total. The highest BCUT2D eigenvalue weighted by Crippen LogP contribution is 2.37. The van der Waals surface area contributed by atoms with Crippen molar-refractivity contribution in [2.75, 3.05) is 20.0 Å². The van der Waals surface area contributed by atoms with Gasteiger partial charge in [-0.25, -0.2) is 0 Å². The zero-order valence-corrected chi connectivity index (χ0v) is 18.7. The van der Waals surface area contributed by atoms with E-state index in [1.54, 1.807) is 14.2 Å². The largest absolute Gasteiger partial charge is 0.497 e. The van der Waals surface area contributed by atoms with Crippen molar-refractivity contribution in [1.82, 2.24) is 14.8 Å². The van der Waals surface area contributed by atoms with E-state index in [1.807, 2.05) is 48.5 Å². The molecule has 0 spiro atoms. The van der Waals surface area contributed by atoms with Crippen molar-refractivity contribution in [3.63, 3.8) is 0 Å². The van der Waals surface area contributed by atoms with Gasteiger partial charge in [-0.1, -0.05) is 61.4 Å². The average molecular weight is 438 g/mol. The number of ether oxygens (including phenoxy) is 2. The summed E-state index contributed by atoms with van der Waals surface area (Å²) in [6.07, 6.45) is 5.82. The maximum absolute atomic E-state index is 12.6. The lowest BCUT2D eigenvalue weighted by Crippen LogP contribution is -2.15. The first kappa shape index (κ1) is 21.4. The lowest BCUT2D eigenvalue weighted by atomic mass is 9.95. The summed E-state index contributed by atoms with van der Waals surface area (Å²) >= 11 is 1.46. The summed E-state index contributed by atoms with van der Waals surface area (Å²) in [5.74, 6) is 2.63. The Bertz CT molecular complexity index is 1010. The van der Waals surface area contributed by atoms with Crippen LogP contribution in [0.5, 0.6) is 11.5 Å². The van der Waals surface area contributed by atoms with Crippen LogP contribution in [-0.4, -0.2) is 40.5 Å². The Kier molecular flexibility index (Phi) is 6.92. The number of hydrogen-bond acceptors (Lipinski definition) is 6. The highest BCUT2D eigenvalue weighted by molar-refractivity contribution is 7.99. The van der Waals surface area contributed by atoms with Gasteiger partial charge in [0.2, 0.25) is 0 Å². The fraction of sp³-hybridized carbons (Fsp3) is 0.375. The average Bonchev–Trinajstić information content (AvgIpc) is 3.27. The van der Waals surface area contributed by atoms with Gasteiger partial charge in [0.1, 0.15) is 11.5 Å². The van der Waals surface area contributed by atoms with Crippen LogP contribution >= 0.6 is 11.8 Å². The van der Waals surface area contributed by atoms with Crippen LogP contribution in [-0.2, 0) is 0 Å². The SMILES string of the molecule is COc1cc(OC)cc(-c2nnc(SCC(=O)c3ccccc3)n2C2CCCCC2)c1. The summed E-state index contributed by atoms with van der Waals surface area (Å²) in [5, 5.41) is 9.80. The molecule has 7 heteroatoms. The smallest absolute Gasteiger partial charge is 0.192 e. The van der Waals surface area contributed by atoms with Crippen LogP contribution in [0.4, 0.5) is 0 Å². The van der Waals surface area contributed by atoms with Gasteiger partial charge < -0.3 is 9.47 Å². The zero-order valence-electron chi connectivity index (χ0n) is 17.9. The molecule has 31 heavy (non-hydrogen) atoms. The predicted molar refractivity (Wildman–Crippen MR) is 122 cm³/mol. The third-order valence-electron chi connectivity index (χ3n) is 5.64. The van der Waals surface area contributed by atoms with Gasteiger partial charge in [0.25, 0.3) is 0 Å². The predicted octanol–water partition coefficient (Wildman–Crippen LogP) is 5.44. The molecule has 1 fully saturated rings. The molecule has 162 valence electrons. The van der Waals surface area contributed by atoms with E-state index in [0.717, 1.165) is 34.9 Å². The number of rotatable bonds is 8. The lowest BCUT2D eigenvalue weighted by Gasteiger charge is -2.25. The van der Waals surface area contributed by atoms with Gasteiger partial charge in [-0.2, -0.15) is 0 Å². The molecule has 1 aromatic heterocycles. The van der Waals surface area contributed by atoms with Crippen LogP contribution in [0.2, 0.25) is 0 Å². The molecule has 0 radical (unpaired) electrons. The zero-order chi connectivity index (χ0) is 21.6. The number of hydrogen-bond donors (Lipinski definition) is 0. The van der Waals surface area contributed by atoms with Crippen molar-refractivity contribution in [2.45, 2.75) is 43.3 Å². The first-order valence-electron chi connectivity index (χ1n) is 10.6. The van der Waals surface area contributed by atoms with Crippen molar-refractivity contribution in [2.24, 2.45) is 0 Å². The number of carbonyl (C=O) groups excluding carboxylic acids is 1. The molecule has 4 rings (SSSR count). The van der Waals surface area contributed by atoms with Crippen LogP contribution in [0.3, 0.4) is 0 Å². The van der Waals surface area contributed by atoms with Crippen LogP contribution in [0.1, 0.15) is 48.5 Å². The maximum Gasteiger partial charge on any atom is 0.192 e. The third-order valence-corrected chi connectivity index (χ3v) is 6.59. The normalized spacial score (nSPS) is 14.4. The second kappa shape index (κ2) is 10.0. The minimum atomic E-state index is 0.0911. The Morgan fingerprint density at radius 1 is 1.00 bits per heavy atom. The van der Waals surface area contributed by atoms with E-state index >= 15 is 0 Å². The Labute approximate surface area is 187 Å². The molecule has 3 aromatic rings. The van der Waals surface area contributed by atoms with E-state index in [2.05, 4.69) is 14.8 Å². The third kappa shape index (κ3) is 4.93. The number of nitrogens with zero attached hydrogens (tertiary/aromatic N) is 3. The fourth-order valence-corrected chi connectivity index (χ4v) is 4.91. The van der Waals surface area contributed by atoms with Gasteiger partial charge in [0, 0.05) is 23.2 Å². The van der Waals surface area contributed by atoms with Crippen LogP contribution in [0.15, 0.2) is 53.7 Å². The minimum Gasteiger partial charge on any atom is -0.497 e. The van der Waals surface area contributed by atoms with Crippen molar-refractivity contribution < 1.29 is 14.3 Å². The number of aromatic nitrogens is 3. The topological polar surface area (TPSA) is 66.2 Å². The molecular formula is C24H27N3O3S. The molecule has 1 saturated carbocycles. The van der Waals surface area contributed by atoms with Gasteiger partial charge >= 0.3 is 0 Å². The molecular weight excluding hydrogens is 410 g/mol. The summed E-state index contributed by atoms with van der Waals surface area (Å²) in [5.41, 5.74) is 1.62. The molecule has 0 amide bonds. The lowest BCUT2D eigenvalue weighted by molar-refractivity contribution is 0.102. The monoisotopic (exact) mass is 437 g/mol. The Hall–Kier alpha value is -2.80. The molecule has 0 saturated heterocycles. The summed E-state index contributed by atoms with van der Waals surface area (Å²) in [6.45, 7) is 0. The van der Waals surface area contributed by atoms with Crippen LogP contribution in [0.25, 0.3) is 11.4 Å². The standard InChI is InChI=1S/C24H27N3O3S/c1-29-20-13-18(14-21(15-20)30-2)23-25-26-24(27(23)19-11-7-4-8-12-19)31-16-22(28)17-9-5-3-6-10-17/h3,5-6,9-10,13-15,19H,4,7-8,11-12,16H2,1-2H3. The van der Waals surface area contributed by atoms with Crippen molar-refractivity contribution in [3.8, 4) is 22.9 Å². The van der Waals surface area contributed by atoms with Crippen LogP contribution in [0, 0.1) is 0 Å². The Morgan fingerprint density at radius 2 is 1.68 bits per heavy atom.